The van der Waals surface area contributed by atoms with E-state index < -0.39 is 5.25 Å². The van der Waals surface area contributed by atoms with Crippen molar-refractivity contribution in [2.75, 3.05) is 13.7 Å². The summed E-state index contributed by atoms with van der Waals surface area (Å²) in [7, 11) is 1.62. The average Bonchev–Trinajstić information content (AvgIpc) is 3.15. The lowest BCUT2D eigenvalue weighted by Crippen LogP contribution is -2.41. The molecule has 1 saturated heterocycles. The van der Waals surface area contributed by atoms with Crippen LogP contribution in [0.1, 0.15) is 29.6 Å². The van der Waals surface area contributed by atoms with Gasteiger partial charge in [-0.15, -0.1) is 16.8 Å². The summed E-state index contributed by atoms with van der Waals surface area (Å²) < 4.78 is 7.17. The van der Waals surface area contributed by atoms with Gasteiger partial charge in [0.2, 0.25) is 5.91 Å². The van der Waals surface area contributed by atoms with E-state index in [9.17, 15) is 9.59 Å². The molecule has 1 aliphatic heterocycles. The first kappa shape index (κ1) is 24.0. The van der Waals surface area contributed by atoms with Crippen LogP contribution in [0.25, 0.3) is 11.4 Å². The zero-order valence-corrected chi connectivity index (χ0v) is 20.4. The Labute approximate surface area is 207 Å². The number of hydrogen-bond acceptors (Lipinski definition) is 6. The number of likely N-dealkylation sites (tertiary alicyclic amines) is 1. The molecule has 4 rings (SSSR count). The molecule has 0 saturated carbocycles. The smallest absolute Gasteiger partial charge is 0.260 e. The summed E-state index contributed by atoms with van der Waals surface area (Å²) in [5.74, 6) is 0.921. The van der Waals surface area contributed by atoms with Crippen LogP contribution in [0.3, 0.4) is 0 Å². The molecule has 0 radical (unpaired) electrons. The molecule has 7 nitrogen and oxygen atoms in total. The van der Waals surface area contributed by atoms with Crippen molar-refractivity contribution in [3.05, 3.63) is 71.8 Å². The van der Waals surface area contributed by atoms with Crippen molar-refractivity contribution in [3.8, 4) is 17.1 Å². The summed E-state index contributed by atoms with van der Waals surface area (Å²) in [6, 6.07) is 14.2. The minimum atomic E-state index is -0.435. The monoisotopic (exact) mass is 496 g/mol. The maximum absolute atomic E-state index is 13.4. The molecule has 2 heterocycles. The van der Waals surface area contributed by atoms with Crippen molar-refractivity contribution in [1.29, 1.82) is 0 Å². The van der Waals surface area contributed by atoms with Gasteiger partial charge in [-0.3, -0.25) is 19.1 Å². The third-order valence-electron chi connectivity index (χ3n) is 5.60. The number of thioether (sulfide) groups is 1. The van der Waals surface area contributed by atoms with Crippen LogP contribution in [0.5, 0.6) is 5.75 Å². The van der Waals surface area contributed by atoms with E-state index in [0.717, 1.165) is 24.2 Å². The summed E-state index contributed by atoms with van der Waals surface area (Å²) in [6.07, 6.45) is 4.03. The molecular formula is C25H25ClN4O3S. The maximum Gasteiger partial charge on any atom is 0.260 e. The van der Waals surface area contributed by atoms with Crippen LogP contribution in [0.15, 0.2) is 66.3 Å². The van der Waals surface area contributed by atoms with Crippen LogP contribution < -0.4 is 4.74 Å². The molecule has 176 valence electrons. The van der Waals surface area contributed by atoms with E-state index in [2.05, 4.69) is 16.8 Å². The molecule has 0 spiro atoms. The van der Waals surface area contributed by atoms with Gasteiger partial charge >= 0.3 is 0 Å². The zero-order chi connectivity index (χ0) is 24.1. The van der Waals surface area contributed by atoms with Gasteiger partial charge in [0.15, 0.2) is 11.0 Å². The lowest BCUT2D eigenvalue weighted by molar-refractivity contribution is -0.127. The Morgan fingerprint density at radius 2 is 1.91 bits per heavy atom. The predicted octanol–water partition coefficient (Wildman–Crippen LogP) is 5.11. The van der Waals surface area contributed by atoms with Gasteiger partial charge in [0.25, 0.3) is 5.91 Å². The lowest BCUT2D eigenvalue weighted by Gasteiger charge is -2.22. The van der Waals surface area contributed by atoms with Gasteiger partial charge in [-0.1, -0.05) is 35.9 Å². The number of hydrogen-bond donors (Lipinski definition) is 0. The number of allylic oxidation sites excluding steroid dienone is 1. The molecule has 3 aromatic rings. The van der Waals surface area contributed by atoms with Crippen molar-refractivity contribution >= 4 is 35.2 Å². The standard InChI is InChI=1S/C25H25ClN4O3S/c1-3-15-29-22(17-9-13-20(33-2)14-10-17)27-28-25(29)34-21-6-4-5-16-30(24(21)32)23(31)18-7-11-19(26)12-8-18/h3,7-14,21H,1,4-6,15-16H2,2H3. The van der Waals surface area contributed by atoms with Gasteiger partial charge in [0, 0.05) is 29.2 Å². The Morgan fingerprint density at radius 1 is 1.18 bits per heavy atom. The molecule has 0 N–H and O–H groups in total. The van der Waals surface area contributed by atoms with E-state index in [1.807, 2.05) is 28.8 Å². The number of halogens is 1. The molecule has 2 amide bonds. The van der Waals surface area contributed by atoms with Crippen LogP contribution in [0.4, 0.5) is 0 Å². The van der Waals surface area contributed by atoms with Gasteiger partial charge in [-0.2, -0.15) is 0 Å². The maximum atomic E-state index is 13.4. The number of carbonyl (C=O) groups excluding carboxylic acids is 2. The first-order valence-corrected chi connectivity index (χ1v) is 12.2. The molecule has 1 atom stereocenters. The molecule has 1 unspecified atom stereocenters. The number of aromatic nitrogens is 3. The summed E-state index contributed by atoms with van der Waals surface area (Å²) >= 11 is 7.30. The predicted molar refractivity (Wildman–Crippen MR) is 133 cm³/mol. The molecule has 2 aromatic carbocycles. The summed E-state index contributed by atoms with van der Waals surface area (Å²) in [6.45, 7) is 4.74. The van der Waals surface area contributed by atoms with Crippen molar-refractivity contribution in [1.82, 2.24) is 19.7 Å². The average molecular weight is 497 g/mol. The Bertz CT molecular complexity index is 1180. The molecule has 0 aliphatic carbocycles. The highest BCUT2D eigenvalue weighted by Gasteiger charge is 2.33. The number of ether oxygens (including phenoxy) is 1. The van der Waals surface area contributed by atoms with Crippen LogP contribution in [-0.4, -0.2) is 50.4 Å². The fraction of sp³-hybridized carbons (Fsp3) is 0.280. The number of amides is 2. The third kappa shape index (κ3) is 5.18. The van der Waals surface area contributed by atoms with Crippen molar-refractivity contribution in [2.45, 2.75) is 36.2 Å². The number of methoxy groups -OCH3 is 1. The van der Waals surface area contributed by atoms with Gasteiger partial charge in [0.05, 0.1) is 12.4 Å². The molecule has 34 heavy (non-hydrogen) atoms. The van der Waals surface area contributed by atoms with E-state index in [4.69, 9.17) is 16.3 Å². The minimum absolute atomic E-state index is 0.207. The van der Waals surface area contributed by atoms with Crippen LogP contribution >= 0.6 is 23.4 Å². The number of imide groups is 1. The molecule has 0 bridgehead atoms. The SMILES string of the molecule is C=CCn1c(SC2CCCCN(C(=O)c3ccc(Cl)cc3)C2=O)nnc1-c1ccc(OC)cc1. The largest absolute Gasteiger partial charge is 0.497 e. The second-order valence-electron chi connectivity index (χ2n) is 7.84. The second kappa shape index (κ2) is 10.9. The van der Waals surface area contributed by atoms with E-state index in [1.54, 1.807) is 37.5 Å². The number of carbonyl (C=O) groups is 2. The number of nitrogens with zero attached hydrogens (tertiary/aromatic N) is 4. The highest BCUT2D eigenvalue weighted by atomic mass is 35.5. The van der Waals surface area contributed by atoms with Crippen molar-refractivity contribution < 1.29 is 14.3 Å². The van der Waals surface area contributed by atoms with Gasteiger partial charge in [-0.25, -0.2) is 0 Å². The fourth-order valence-corrected chi connectivity index (χ4v) is 5.09. The Balaban J connectivity index is 1.58. The van der Waals surface area contributed by atoms with Gasteiger partial charge in [-0.05, 0) is 61.4 Å². The quantitative estimate of drug-likeness (QED) is 0.334. The number of benzene rings is 2. The summed E-state index contributed by atoms with van der Waals surface area (Å²) in [5, 5.41) is 9.48. The van der Waals surface area contributed by atoms with Crippen LogP contribution in [0, 0.1) is 0 Å². The topological polar surface area (TPSA) is 77.3 Å². The zero-order valence-electron chi connectivity index (χ0n) is 18.8. The summed E-state index contributed by atoms with van der Waals surface area (Å²) in [5.41, 5.74) is 1.33. The van der Waals surface area contributed by atoms with Gasteiger partial charge in [0.1, 0.15) is 5.75 Å². The van der Waals surface area contributed by atoms with Crippen molar-refractivity contribution in [2.24, 2.45) is 0 Å². The first-order valence-electron chi connectivity index (χ1n) is 11.0. The molecule has 9 heteroatoms. The number of rotatable bonds is 7. The molecular weight excluding hydrogens is 472 g/mol. The third-order valence-corrected chi connectivity index (χ3v) is 7.09. The Hall–Kier alpha value is -3.10. The molecule has 1 aromatic heterocycles. The highest BCUT2D eigenvalue weighted by Crippen LogP contribution is 2.32. The molecule has 1 aliphatic rings. The molecule has 1 fully saturated rings. The normalized spacial score (nSPS) is 16.2. The minimum Gasteiger partial charge on any atom is -0.497 e. The Morgan fingerprint density at radius 3 is 2.59 bits per heavy atom. The van der Waals surface area contributed by atoms with Crippen LogP contribution in [0.2, 0.25) is 5.02 Å². The second-order valence-corrected chi connectivity index (χ2v) is 9.44. The highest BCUT2D eigenvalue weighted by molar-refractivity contribution is 8.00. The van der Waals surface area contributed by atoms with E-state index >= 15 is 0 Å². The van der Waals surface area contributed by atoms with Crippen LogP contribution in [-0.2, 0) is 11.3 Å². The van der Waals surface area contributed by atoms with Gasteiger partial charge < -0.3 is 4.74 Å². The fourth-order valence-electron chi connectivity index (χ4n) is 3.82. The van der Waals surface area contributed by atoms with Crippen molar-refractivity contribution in [3.63, 3.8) is 0 Å². The summed E-state index contributed by atoms with van der Waals surface area (Å²) in [4.78, 5) is 27.8. The van der Waals surface area contributed by atoms with E-state index in [-0.39, 0.29) is 11.8 Å². The van der Waals surface area contributed by atoms with E-state index in [0.29, 0.717) is 41.1 Å². The lowest BCUT2D eigenvalue weighted by atomic mass is 10.2. The Kier molecular flexibility index (Phi) is 7.70. The first-order chi connectivity index (χ1) is 16.5. The van der Waals surface area contributed by atoms with E-state index in [1.165, 1.54) is 16.7 Å².